The zero-order valence-corrected chi connectivity index (χ0v) is 20.9. The lowest BCUT2D eigenvalue weighted by molar-refractivity contribution is 0.415. The van der Waals surface area contributed by atoms with Gasteiger partial charge in [0.25, 0.3) is 0 Å². The first-order valence-electron chi connectivity index (χ1n) is 12.1. The lowest BCUT2D eigenvalue weighted by Gasteiger charge is -2.26. The number of benzene rings is 4. The van der Waals surface area contributed by atoms with Crippen molar-refractivity contribution in [1.29, 1.82) is 0 Å². The first-order chi connectivity index (χ1) is 17.1. The molecule has 0 aliphatic heterocycles. The minimum Gasteiger partial charge on any atom is -0.497 e. The largest absolute Gasteiger partial charge is 0.497 e. The van der Waals surface area contributed by atoms with Gasteiger partial charge in [-0.25, -0.2) is 0 Å². The molecule has 0 aromatic heterocycles. The van der Waals surface area contributed by atoms with Gasteiger partial charge in [-0.3, -0.25) is 0 Å². The van der Waals surface area contributed by atoms with E-state index in [1.807, 2.05) is 24.3 Å². The average molecular weight is 464 g/mol. The van der Waals surface area contributed by atoms with Crippen molar-refractivity contribution < 1.29 is 9.47 Å². The molecule has 0 fully saturated rings. The molecule has 0 bridgehead atoms. The van der Waals surface area contributed by atoms with Crippen molar-refractivity contribution in [1.82, 2.24) is 0 Å². The smallest absolute Gasteiger partial charge is 0.119 e. The maximum Gasteiger partial charge on any atom is 0.119 e. The Hall–Kier alpha value is -3.98. The third-order valence-corrected chi connectivity index (χ3v) is 6.37. The van der Waals surface area contributed by atoms with E-state index in [0.29, 0.717) is 5.92 Å². The van der Waals surface area contributed by atoms with Crippen LogP contribution in [0.3, 0.4) is 0 Å². The van der Waals surface area contributed by atoms with Crippen molar-refractivity contribution in [2.24, 2.45) is 0 Å². The Morgan fingerprint density at radius 2 is 1.14 bits per heavy atom. The molecule has 4 aromatic carbocycles. The van der Waals surface area contributed by atoms with E-state index < -0.39 is 0 Å². The Kier molecular flexibility index (Phi) is 7.89. The number of methoxy groups -OCH3 is 2. The molecule has 0 heterocycles. The molecule has 178 valence electrons. The van der Waals surface area contributed by atoms with Gasteiger partial charge in [-0.2, -0.15) is 0 Å². The van der Waals surface area contributed by atoms with Crippen molar-refractivity contribution in [2.75, 3.05) is 19.1 Å². The van der Waals surface area contributed by atoms with Crippen molar-refractivity contribution in [3.05, 3.63) is 114 Å². The number of nitrogens with zero attached hydrogens (tertiary/aromatic N) is 1. The van der Waals surface area contributed by atoms with Crippen LogP contribution >= 0.6 is 0 Å². The van der Waals surface area contributed by atoms with Gasteiger partial charge < -0.3 is 14.4 Å². The Morgan fingerprint density at radius 3 is 1.63 bits per heavy atom. The summed E-state index contributed by atoms with van der Waals surface area (Å²) in [5, 5.41) is 0. The minimum absolute atomic E-state index is 0.574. The molecule has 0 saturated carbocycles. The van der Waals surface area contributed by atoms with Gasteiger partial charge in [0.1, 0.15) is 11.5 Å². The van der Waals surface area contributed by atoms with E-state index >= 15 is 0 Å². The lowest BCUT2D eigenvalue weighted by Crippen LogP contribution is -2.09. The van der Waals surface area contributed by atoms with Crippen LogP contribution in [-0.2, 0) is 0 Å². The zero-order chi connectivity index (χ0) is 24.6. The van der Waals surface area contributed by atoms with Crippen molar-refractivity contribution in [3.8, 4) is 11.5 Å². The fourth-order valence-electron chi connectivity index (χ4n) is 4.04. The van der Waals surface area contributed by atoms with Gasteiger partial charge in [-0.15, -0.1) is 0 Å². The molecule has 4 rings (SSSR count). The van der Waals surface area contributed by atoms with Crippen LogP contribution in [-0.4, -0.2) is 14.2 Å². The molecule has 1 unspecified atom stereocenters. The van der Waals surface area contributed by atoms with E-state index in [2.05, 4.69) is 104 Å². The summed E-state index contributed by atoms with van der Waals surface area (Å²) < 4.78 is 10.7. The van der Waals surface area contributed by atoms with Gasteiger partial charge in [0.05, 0.1) is 14.2 Å². The van der Waals surface area contributed by atoms with Crippen molar-refractivity contribution >= 4 is 29.2 Å². The highest BCUT2D eigenvalue weighted by Crippen LogP contribution is 2.36. The van der Waals surface area contributed by atoms with Crippen LogP contribution in [0.2, 0.25) is 0 Å². The van der Waals surface area contributed by atoms with Crippen LogP contribution in [0.15, 0.2) is 97.1 Å². The van der Waals surface area contributed by atoms with Crippen molar-refractivity contribution in [3.63, 3.8) is 0 Å². The number of rotatable bonds is 9. The van der Waals surface area contributed by atoms with Crippen LogP contribution in [0, 0.1) is 0 Å². The molecule has 0 N–H and O–H groups in total. The summed E-state index contributed by atoms with van der Waals surface area (Å²) in [4.78, 5) is 2.22. The van der Waals surface area contributed by atoms with Gasteiger partial charge >= 0.3 is 0 Å². The van der Waals surface area contributed by atoms with Gasteiger partial charge in [-0.05, 0) is 89.7 Å². The van der Waals surface area contributed by atoms with Crippen LogP contribution in [0.4, 0.5) is 17.1 Å². The van der Waals surface area contributed by atoms with Crippen LogP contribution in [0.25, 0.3) is 12.2 Å². The molecule has 35 heavy (non-hydrogen) atoms. The standard InChI is InChI=1S/C32H33NO2/c1-5-24(2)27-8-6-7-26(23-27)10-9-25-11-13-28(14-12-25)33(29-15-19-31(34-3)20-16-29)30-17-21-32(35-4)22-18-30/h6-24H,5H2,1-4H3. The van der Waals surface area contributed by atoms with Gasteiger partial charge in [0.15, 0.2) is 0 Å². The highest BCUT2D eigenvalue weighted by atomic mass is 16.5. The SMILES string of the molecule is CCC(C)c1cccc(C=Cc2ccc(N(c3ccc(OC)cc3)c3ccc(OC)cc3)cc2)c1. The monoisotopic (exact) mass is 463 g/mol. The zero-order valence-electron chi connectivity index (χ0n) is 20.9. The number of hydrogen-bond acceptors (Lipinski definition) is 3. The maximum atomic E-state index is 5.35. The highest BCUT2D eigenvalue weighted by Gasteiger charge is 2.13. The fraction of sp³-hybridized carbons (Fsp3) is 0.188. The number of hydrogen-bond donors (Lipinski definition) is 0. The molecule has 0 aliphatic rings. The Labute approximate surface area is 209 Å². The fourth-order valence-corrected chi connectivity index (χ4v) is 4.04. The van der Waals surface area contributed by atoms with E-state index in [4.69, 9.17) is 9.47 Å². The second-order valence-corrected chi connectivity index (χ2v) is 8.64. The summed E-state index contributed by atoms with van der Waals surface area (Å²) in [5.74, 6) is 2.24. The molecule has 4 aromatic rings. The third-order valence-electron chi connectivity index (χ3n) is 6.37. The second-order valence-electron chi connectivity index (χ2n) is 8.64. The molecule has 0 spiro atoms. The summed E-state index contributed by atoms with van der Waals surface area (Å²) in [6.07, 6.45) is 5.50. The topological polar surface area (TPSA) is 21.7 Å². The van der Waals surface area contributed by atoms with E-state index in [0.717, 1.165) is 40.5 Å². The van der Waals surface area contributed by atoms with Gasteiger partial charge in [0, 0.05) is 17.1 Å². The van der Waals surface area contributed by atoms with E-state index in [-0.39, 0.29) is 0 Å². The predicted molar refractivity (Wildman–Crippen MR) is 148 cm³/mol. The molecular weight excluding hydrogens is 430 g/mol. The number of anilines is 3. The lowest BCUT2D eigenvalue weighted by atomic mass is 9.97. The Bertz CT molecular complexity index is 1190. The maximum absolute atomic E-state index is 5.35. The Morgan fingerprint density at radius 1 is 0.657 bits per heavy atom. The minimum atomic E-state index is 0.574. The molecule has 0 amide bonds. The molecule has 0 radical (unpaired) electrons. The normalized spacial score (nSPS) is 11.9. The predicted octanol–water partition coefficient (Wildman–Crippen LogP) is 8.86. The third kappa shape index (κ3) is 5.93. The van der Waals surface area contributed by atoms with E-state index in [1.54, 1.807) is 14.2 Å². The second kappa shape index (κ2) is 11.4. The quantitative estimate of drug-likeness (QED) is 0.231. The summed E-state index contributed by atoms with van der Waals surface area (Å²) in [6, 6.07) is 33.6. The molecule has 1 atom stereocenters. The number of ether oxygens (including phenoxy) is 2. The van der Waals surface area contributed by atoms with Crippen LogP contribution in [0.5, 0.6) is 11.5 Å². The van der Waals surface area contributed by atoms with Crippen LogP contribution in [0.1, 0.15) is 42.9 Å². The molecule has 0 saturated heterocycles. The van der Waals surface area contributed by atoms with Gasteiger partial charge in [-0.1, -0.05) is 62.4 Å². The van der Waals surface area contributed by atoms with E-state index in [9.17, 15) is 0 Å². The molecule has 0 aliphatic carbocycles. The first-order valence-corrected chi connectivity index (χ1v) is 12.1. The van der Waals surface area contributed by atoms with Crippen molar-refractivity contribution in [2.45, 2.75) is 26.2 Å². The first kappa shape index (κ1) is 24.2. The average Bonchev–Trinajstić information content (AvgIpc) is 2.93. The molecule has 3 nitrogen and oxygen atoms in total. The highest BCUT2D eigenvalue weighted by molar-refractivity contribution is 5.78. The summed E-state index contributed by atoms with van der Waals surface area (Å²) >= 11 is 0. The summed E-state index contributed by atoms with van der Waals surface area (Å²) in [7, 11) is 3.37. The van der Waals surface area contributed by atoms with Crippen LogP contribution < -0.4 is 14.4 Å². The van der Waals surface area contributed by atoms with E-state index in [1.165, 1.54) is 11.1 Å². The summed E-state index contributed by atoms with van der Waals surface area (Å²) in [6.45, 7) is 4.51. The van der Waals surface area contributed by atoms with Gasteiger partial charge in [0.2, 0.25) is 0 Å². The molecular formula is C32H33NO2. The summed E-state index contributed by atoms with van der Waals surface area (Å²) in [5.41, 5.74) is 6.97. The Balaban J connectivity index is 1.61. The molecule has 3 heteroatoms.